The van der Waals surface area contributed by atoms with E-state index in [0.717, 1.165) is 43.1 Å². The van der Waals surface area contributed by atoms with Crippen LogP contribution >= 0.6 is 0 Å². The van der Waals surface area contributed by atoms with E-state index in [-0.39, 0.29) is 0 Å². The van der Waals surface area contributed by atoms with Crippen LogP contribution in [0.1, 0.15) is 77.7 Å². The topological polar surface area (TPSA) is 38.7 Å². The molecular weight excluding hydrogens is 300 g/mol. The number of aliphatic hydroxyl groups is 1. The van der Waals surface area contributed by atoms with Crippen molar-refractivity contribution in [2.24, 2.45) is 5.92 Å². The zero-order valence-corrected chi connectivity index (χ0v) is 15.6. The Balaban J connectivity index is 1.78. The zero-order valence-electron chi connectivity index (χ0n) is 15.6. The van der Waals surface area contributed by atoms with Gasteiger partial charge in [0.25, 0.3) is 0 Å². The third-order valence-electron chi connectivity index (χ3n) is 5.33. The highest BCUT2D eigenvalue weighted by atomic mass is 16.7. The number of rotatable bonds is 11. The average molecular weight is 335 g/mol. The lowest BCUT2D eigenvalue weighted by Crippen LogP contribution is -2.23. The molecule has 1 aliphatic heterocycles. The molecule has 1 aromatic carbocycles. The molecule has 0 bridgehead atoms. The Kier molecular flexibility index (Phi) is 7.41. The maximum Gasteiger partial charge on any atom is 0.231 e. The third-order valence-corrected chi connectivity index (χ3v) is 5.33. The number of hydrogen-bond acceptors (Lipinski definition) is 3. The quantitative estimate of drug-likeness (QED) is 0.582. The molecule has 0 fully saturated rings. The van der Waals surface area contributed by atoms with Gasteiger partial charge < -0.3 is 14.6 Å². The monoisotopic (exact) mass is 334 g/mol. The van der Waals surface area contributed by atoms with Crippen LogP contribution in [0.3, 0.4) is 0 Å². The minimum Gasteiger partial charge on any atom is -0.454 e. The van der Waals surface area contributed by atoms with Crippen molar-refractivity contribution < 1.29 is 14.6 Å². The fourth-order valence-electron chi connectivity index (χ4n) is 3.31. The molecule has 2 atom stereocenters. The van der Waals surface area contributed by atoms with E-state index in [9.17, 15) is 5.11 Å². The molecule has 1 aromatic rings. The Hall–Kier alpha value is -1.22. The minimum atomic E-state index is -0.498. The van der Waals surface area contributed by atoms with Crippen LogP contribution in [0, 0.1) is 5.92 Å². The van der Waals surface area contributed by atoms with Crippen molar-refractivity contribution in [1.29, 1.82) is 0 Å². The van der Waals surface area contributed by atoms with Gasteiger partial charge in [-0.1, -0.05) is 45.6 Å². The molecule has 0 aliphatic carbocycles. The van der Waals surface area contributed by atoms with Crippen molar-refractivity contribution in [2.75, 3.05) is 6.79 Å². The number of benzene rings is 1. The molecule has 0 saturated heterocycles. The normalized spacial score (nSPS) is 16.8. The molecule has 0 aromatic heterocycles. The molecule has 24 heavy (non-hydrogen) atoms. The summed E-state index contributed by atoms with van der Waals surface area (Å²) in [5.74, 6) is 2.48. The smallest absolute Gasteiger partial charge is 0.231 e. The lowest BCUT2D eigenvalue weighted by molar-refractivity contribution is 0.0392. The van der Waals surface area contributed by atoms with Crippen LogP contribution in [0.5, 0.6) is 11.5 Å². The summed E-state index contributed by atoms with van der Waals surface area (Å²) in [7, 11) is 0. The van der Waals surface area contributed by atoms with Gasteiger partial charge in [0.05, 0.1) is 5.60 Å². The lowest BCUT2D eigenvalue weighted by atomic mass is 9.86. The van der Waals surface area contributed by atoms with Crippen molar-refractivity contribution in [2.45, 2.75) is 84.2 Å². The van der Waals surface area contributed by atoms with Crippen molar-refractivity contribution >= 4 is 0 Å². The molecule has 0 saturated carbocycles. The van der Waals surface area contributed by atoms with E-state index in [1.807, 2.05) is 13.0 Å². The summed E-state index contributed by atoms with van der Waals surface area (Å²) in [6, 6.07) is 6.28. The van der Waals surface area contributed by atoms with E-state index in [2.05, 4.69) is 26.0 Å². The fourth-order valence-corrected chi connectivity index (χ4v) is 3.31. The van der Waals surface area contributed by atoms with Gasteiger partial charge in [-0.15, -0.1) is 0 Å². The van der Waals surface area contributed by atoms with Gasteiger partial charge in [0.15, 0.2) is 11.5 Å². The van der Waals surface area contributed by atoms with Crippen molar-refractivity contribution in [3.05, 3.63) is 23.8 Å². The van der Waals surface area contributed by atoms with Crippen LogP contribution in [-0.4, -0.2) is 17.5 Å². The number of ether oxygens (including phenoxy) is 2. The molecule has 1 N–H and O–H groups in total. The summed E-state index contributed by atoms with van der Waals surface area (Å²) >= 11 is 0. The largest absolute Gasteiger partial charge is 0.454 e. The summed E-state index contributed by atoms with van der Waals surface area (Å²) < 4.78 is 10.8. The summed E-state index contributed by atoms with van der Waals surface area (Å²) in [5, 5.41) is 10.3. The summed E-state index contributed by atoms with van der Waals surface area (Å²) in [5.41, 5.74) is 0.830. The van der Waals surface area contributed by atoms with Gasteiger partial charge in [0, 0.05) is 0 Å². The molecule has 2 unspecified atom stereocenters. The Morgan fingerprint density at radius 3 is 2.58 bits per heavy atom. The van der Waals surface area contributed by atoms with Crippen LogP contribution in [-0.2, 0) is 6.42 Å². The first-order chi connectivity index (χ1) is 11.5. The molecule has 3 heteroatoms. The number of hydrogen-bond donors (Lipinski definition) is 1. The number of aryl methyl sites for hydroxylation is 1. The van der Waals surface area contributed by atoms with Gasteiger partial charge >= 0.3 is 0 Å². The SMILES string of the molecule is CCCCC(CCCc1ccc2c(c1)OCO2)CCC(C)(O)CC. The van der Waals surface area contributed by atoms with E-state index in [4.69, 9.17) is 9.47 Å². The predicted octanol–water partition coefficient (Wildman–Crippen LogP) is 5.49. The molecular formula is C21H34O3. The first-order valence-electron chi connectivity index (χ1n) is 9.65. The van der Waals surface area contributed by atoms with Gasteiger partial charge in [-0.05, 0) is 62.6 Å². The molecule has 0 radical (unpaired) electrons. The highest BCUT2D eigenvalue weighted by Crippen LogP contribution is 2.33. The van der Waals surface area contributed by atoms with Crippen LogP contribution in [0.4, 0.5) is 0 Å². The second-order valence-corrected chi connectivity index (χ2v) is 7.48. The van der Waals surface area contributed by atoms with E-state index >= 15 is 0 Å². The average Bonchev–Trinajstić information content (AvgIpc) is 3.04. The van der Waals surface area contributed by atoms with E-state index < -0.39 is 5.60 Å². The van der Waals surface area contributed by atoms with Crippen molar-refractivity contribution in [3.8, 4) is 11.5 Å². The van der Waals surface area contributed by atoms with Crippen LogP contribution < -0.4 is 9.47 Å². The first kappa shape index (κ1) is 19.1. The van der Waals surface area contributed by atoms with Gasteiger partial charge in [0.2, 0.25) is 6.79 Å². The first-order valence-corrected chi connectivity index (χ1v) is 9.65. The Labute approximate surface area is 147 Å². The molecule has 136 valence electrons. The Morgan fingerprint density at radius 2 is 1.83 bits per heavy atom. The summed E-state index contributed by atoms with van der Waals surface area (Å²) in [4.78, 5) is 0. The highest BCUT2D eigenvalue weighted by Gasteiger charge is 2.20. The maximum absolute atomic E-state index is 10.3. The molecule has 0 amide bonds. The molecule has 2 rings (SSSR count). The second-order valence-electron chi connectivity index (χ2n) is 7.48. The maximum atomic E-state index is 10.3. The van der Waals surface area contributed by atoms with Gasteiger partial charge in [-0.2, -0.15) is 0 Å². The Morgan fingerprint density at radius 1 is 1.08 bits per heavy atom. The van der Waals surface area contributed by atoms with Crippen LogP contribution in [0.25, 0.3) is 0 Å². The van der Waals surface area contributed by atoms with Crippen LogP contribution in [0.2, 0.25) is 0 Å². The minimum absolute atomic E-state index is 0.342. The van der Waals surface area contributed by atoms with E-state index in [0.29, 0.717) is 6.79 Å². The van der Waals surface area contributed by atoms with Crippen molar-refractivity contribution in [3.63, 3.8) is 0 Å². The second kappa shape index (κ2) is 9.31. The van der Waals surface area contributed by atoms with Crippen molar-refractivity contribution in [1.82, 2.24) is 0 Å². The van der Waals surface area contributed by atoms with E-state index in [1.54, 1.807) is 0 Å². The van der Waals surface area contributed by atoms with Gasteiger partial charge in [-0.25, -0.2) is 0 Å². The molecule has 0 spiro atoms. The van der Waals surface area contributed by atoms with Crippen LogP contribution in [0.15, 0.2) is 18.2 Å². The number of fused-ring (bicyclic) bond motifs is 1. The molecule has 1 heterocycles. The Bertz CT molecular complexity index is 496. The zero-order chi connectivity index (χ0) is 17.4. The predicted molar refractivity (Wildman–Crippen MR) is 98.7 cm³/mol. The summed E-state index contributed by atoms with van der Waals surface area (Å²) in [6.45, 7) is 6.64. The van der Waals surface area contributed by atoms with Gasteiger partial charge in [0.1, 0.15) is 0 Å². The summed E-state index contributed by atoms with van der Waals surface area (Å²) in [6.07, 6.45) is 10.3. The third kappa shape index (κ3) is 6.01. The lowest BCUT2D eigenvalue weighted by Gasteiger charge is -2.25. The fraction of sp³-hybridized carbons (Fsp3) is 0.714. The number of unbranched alkanes of at least 4 members (excludes halogenated alkanes) is 1. The molecule has 3 nitrogen and oxygen atoms in total. The van der Waals surface area contributed by atoms with E-state index in [1.165, 1.54) is 37.7 Å². The standard InChI is InChI=1S/C21H34O3/c1-4-6-8-17(13-14-21(3,22)5-2)9-7-10-18-11-12-19-20(15-18)24-16-23-19/h11-12,15,17,22H,4-10,13-14,16H2,1-3H3. The highest BCUT2D eigenvalue weighted by molar-refractivity contribution is 5.44. The van der Waals surface area contributed by atoms with Gasteiger partial charge in [-0.3, -0.25) is 0 Å². The molecule has 1 aliphatic rings.